The highest BCUT2D eigenvalue weighted by Crippen LogP contribution is 2.46. The SMILES string of the molecule is CC(C)C(Sc1nnc(C2CC2)n1C1CC1)C(=O)O. The molecule has 0 aliphatic heterocycles. The molecule has 2 fully saturated rings. The predicted molar refractivity (Wildman–Crippen MR) is 72.4 cm³/mol. The Morgan fingerprint density at radius 3 is 2.47 bits per heavy atom. The van der Waals surface area contributed by atoms with Gasteiger partial charge in [0.2, 0.25) is 0 Å². The van der Waals surface area contributed by atoms with Gasteiger partial charge in [-0.25, -0.2) is 0 Å². The number of thioether (sulfide) groups is 1. The Kier molecular flexibility index (Phi) is 3.28. The van der Waals surface area contributed by atoms with Crippen LogP contribution < -0.4 is 0 Å². The van der Waals surface area contributed by atoms with Crippen molar-refractivity contribution in [2.24, 2.45) is 5.92 Å². The minimum atomic E-state index is -0.765. The van der Waals surface area contributed by atoms with Crippen LogP contribution in [-0.4, -0.2) is 31.1 Å². The highest BCUT2D eigenvalue weighted by Gasteiger charge is 2.37. The second-order valence-corrected chi connectivity index (χ2v) is 6.95. The molecule has 0 spiro atoms. The minimum absolute atomic E-state index is 0.0798. The first-order valence-corrected chi connectivity index (χ1v) is 7.80. The standard InChI is InChI=1S/C13H19N3O2S/c1-7(2)10(12(17)18)19-13-15-14-11(8-3-4-8)16(13)9-5-6-9/h7-10H,3-6H2,1-2H3,(H,17,18). The maximum Gasteiger partial charge on any atom is 0.317 e. The second-order valence-electron chi connectivity index (χ2n) is 5.84. The van der Waals surface area contributed by atoms with Crippen molar-refractivity contribution >= 4 is 17.7 Å². The van der Waals surface area contributed by atoms with E-state index >= 15 is 0 Å². The van der Waals surface area contributed by atoms with E-state index in [0.717, 1.165) is 11.0 Å². The Hall–Kier alpha value is -1.04. The maximum absolute atomic E-state index is 11.3. The normalized spacial score (nSPS) is 20.8. The third-order valence-corrected chi connectivity index (χ3v) is 5.12. The molecule has 2 aliphatic carbocycles. The summed E-state index contributed by atoms with van der Waals surface area (Å²) >= 11 is 1.36. The van der Waals surface area contributed by atoms with E-state index in [4.69, 9.17) is 0 Å². The van der Waals surface area contributed by atoms with Gasteiger partial charge in [0, 0.05) is 12.0 Å². The van der Waals surface area contributed by atoms with Gasteiger partial charge in [-0.1, -0.05) is 25.6 Å². The van der Waals surface area contributed by atoms with Gasteiger partial charge in [0.1, 0.15) is 11.1 Å². The fourth-order valence-electron chi connectivity index (χ4n) is 2.25. The zero-order valence-corrected chi connectivity index (χ0v) is 12.1. The molecule has 19 heavy (non-hydrogen) atoms. The Labute approximate surface area is 116 Å². The number of aliphatic carboxylic acids is 1. The van der Waals surface area contributed by atoms with Gasteiger partial charge in [-0.2, -0.15) is 0 Å². The summed E-state index contributed by atoms with van der Waals surface area (Å²) in [6.45, 7) is 3.87. The highest BCUT2D eigenvalue weighted by molar-refractivity contribution is 8.00. The predicted octanol–water partition coefficient (Wildman–Crippen LogP) is 2.69. The average Bonchev–Trinajstić information content (AvgIpc) is 3.23. The van der Waals surface area contributed by atoms with E-state index in [1.165, 1.54) is 37.4 Å². The molecule has 2 aliphatic rings. The van der Waals surface area contributed by atoms with Crippen LogP contribution in [0.2, 0.25) is 0 Å². The van der Waals surface area contributed by atoms with Crippen LogP contribution in [0, 0.1) is 5.92 Å². The number of carboxylic acid groups (broad SMARTS) is 1. The first kappa shape index (κ1) is 13.0. The van der Waals surface area contributed by atoms with Crippen molar-refractivity contribution < 1.29 is 9.90 Å². The quantitative estimate of drug-likeness (QED) is 0.812. The molecule has 0 radical (unpaired) electrons. The van der Waals surface area contributed by atoms with Crippen LogP contribution in [0.25, 0.3) is 0 Å². The summed E-state index contributed by atoms with van der Waals surface area (Å²) in [5.41, 5.74) is 0. The van der Waals surface area contributed by atoms with Gasteiger partial charge in [-0.3, -0.25) is 4.79 Å². The van der Waals surface area contributed by atoms with Gasteiger partial charge >= 0.3 is 5.97 Å². The summed E-state index contributed by atoms with van der Waals surface area (Å²) in [7, 11) is 0. The van der Waals surface area contributed by atoms with Crippen LogP contribution in [0.1, 0.15) is 57.3 Å². The fourth-order valence-corrected chi connectivity index (χ4v) is 3.29. The van der Waals surface area contributed by atoms with Crippen molar-refractivity contribution in [1.82, 2.24) is 14.8 Å². The van der Waals surface area contributed by atoms with Crippen molar-refractivity contribution in [3.05, 3.63) is 5.82 Å². The molecule has 1 heterocycles. The van der Waals surface area contributed by atoms with Crippen molar-refractivity contribution in [2.75, 3.05) is 0 Å². The molecule has 1 unspecified atom stereocenters. The highest BCUT2D eigenvalue weighted by atomic mass is 32.2. The molecule has 3 rings (SSSR count). The van der Waals surface area contributed by atoms with E-state index in [9.17, 15) is 9.90 Å². The zero-order valence-electron chi connectivity index (χ0n) is 11.2. The fraction of sp³-hybridized carbons (Fsp3) is 0.769. The minimum Gasteiger partial charge on any atom is -0.480 e. The van der Waals surface area contributed by atoms with Crippen molar-refractivity contribution in [1.29, 1.82) is 0 Å². The molecule has 1 aromatic rings. The third-order valence-electron chi connectivity index (χ3n) is 3.63. The lowest BCUT2D eigenvalue weighted by molar-refractivity contribution is -0.137. The van der Waals surface area contributed by atoms with Crippen LogP contribution in [0.15, 0.2) is 5.16 Å². The largest absolute Gasteiger partial charge is 0.480 e. The van der Waals surface area contributed by atoms with Crippen molar-refractivity contribution in [3.8, 4) is 0 Å². The molecule has 0 amide bonds. The Bertz CT molecular complexity index is 492. The van der Waals surface area contributed by atoms with E-state index in [1.807, 2.05) is 13.8 Å². The summed E-state index contributed by atoms with van der Waals surface area (Å²) in [5, 5.41) is 18.2. The van der Waals surface area contributed by atoms with Crippen LogP contribution >= 0.6 is 11.8 Å². The molecule has 0 aromatic carbocycles. The lowest BCUT2D eigenvalue weighted by Gasteiger charge is -2.16. The molecule has 0 bridgehead atoms. The lowest BCUT2D eigenvalue weighted by Crippen LogP contribution is -2.23. The molecular formula is C13H19N3O2S. The van der Waals surface area contributed by atoms with E-state index in [2.05, 4.69) is 14.8 Å². The Balaban J connectivity index is 1.85. The number of nitrogens with zero attached hydrogens (tertiary/aromatic N) is 3. The van der Waals surface area contributed by atoms with Gasteiger partial charge in [0.05, 0.1) is 0 Å². The molecule has 1 atom stereocenters. The number of rotatable bonds is 6. The number of aromatic nitrogens is 3. The number of hydrogen-bond donors (Lipinski definition) is 1. The summed E-state index contributed by atoms with van der Waals surface area (Å²) in [5.74, 6) is 0.956. The second kappa shape index (κ2) is 4.81. The van der Waals surface area contributed by atoms with Gasteiger partial charge < -0.3 is 9.67 Å². The first-order valence-electron chi connectivity index (χ1n) is 6.92. The molecule has 1 aromatic heterocycles. The van der Waals surface area contributed by atoms with Gasteiger partial charge in [-0.05, 0) is 31.6 Å². The van der Waals surface area contributed by atoms with Gasteiger partial charge in [0.25, 0.3) is 0 Å². The molecule has 0 saturated heterocycles. The average molecular weight is 281 g/mol. The summed E-state index contributed by atoms with van der Waals surface area (Å²) in [4.78, 5) is 11.3. The van der Waals surface area contributed by atoms with E-state index in [1.54, 1.807) is 0 Å². The molecule has 6 heteroatoms. The smallest absolute Gasteiger partial charge is 0.317 e. The topological polar surface area (TPSA) is 68.0 Å². The maximum atomic E-state index is 11.3. The lowest BCUT2D eigenvalue weighted by atomic mass is 10.1. The van der Waals surface area contributed by atoms with Crippen molar-refractivity contribution in [3.63, 3.8) is 0 Å². The van der Waals surface area contributed by atoms with Crippen LogP contribution in [0.5, 0.6) is 0 Å². The number of carboxylic acids is 1. The third kappa shape index (κ3) is 2.63. The van der Waals surface area contributed by atoms with Crippen LogP contribution in [-0.2, 0) is 4.79 Å². The summed E-state index contributed by atoms with van der Waals surface area (Å²) in [6, 6.07) is 0.509. The van der Waals surface area contributed by atoms with Crippen LogP contribution in [0.4, 0.5) is 0 Å². The Morgan fingerprint density at radius 1 is 1.32 bits per heavy atom. The van der Waals surface area contributed by atoms with Crippen molar-refractivity contribution in [2.45, 2.75) is 61.9 Å². The number of carbonyl (C=O) groups is 1. The molecule has 5 nitrogen and oxygen atoms in total. The number of hydrogen-bond acceptors (Lipinski definition) is 4. The van der Waals surface area contributed by atoms with E-state index in [0.29, 0.717) is 12.0 Å². The van der Waals surface area contributed by atoms with E-state index < -0.39 is 11.2 Å². The van der Waals surface area contributed by atoms with Gasteiger partial charge in [-0.15, -0.1) is 10.2 Å². The monoisotopic (exact) mass is 281 g/mol. The van der Waals surface area contributed by atoms with E-state index in [-0.39, 0.29) is 5.92 Å². The Morgan fingerprint density at radius 2 is 2.00 bits per heavy atom. The van der Waals surface area contributed by atoms with Gasteiger partial charge in [0.15, 0.2) is 5.16 Å². The zero-order chi connectivity index (χ0) is 13.6. The first-order chi connectivity index (χ1) is 9.08. The molecule has 104 valence electrons. The molecule has 2 saturated carbocycles. The molecule has 1 N–H and O–H groups in total. The summed E-state index contributed by atoms with van der Waals surface area (Å²) in [6.07, 6.45) is 4.74. The molecular weight excluding hydrogens is 262 g/mol. The summed E-state index contributed by atoms with van der Waals surface area (Å²) < 4.78 is 2.21. The van der Waals surface area contributed by atoms with Crippen LogP contribution in [0.3, 0.4) is 0 Å².